The number of carbonyl (C=O) groups excluding carboxylic acids is 2. The molecule has 0 aromatic carbocycles. The van der Waals surface area contributed by atoms with Gasteiger partial charge in [-0.25, -0.2) is 0 Å². The van der Waals surface area contributed by atoms with Crippen molar-refractivity contribution < 1.29 is 14.0 Å². The van der Waals surface area contributed by atoms with Gasteiger partial charge in [0.15, 0.2) is 0 Å². The molecule has 0 bridgehead atoms. The summed E-state index contributed by atoms with van der Waals surface area (Å²) in [5.41, 5.74) is 0.357. The van der Waals surface area contributed by atoms with Crippen LogP contribution in [0, 0.1) is 11.3 Å². The fourth-order valence-electron chi connectivity index (χ4n) is 3.22. The van der Waals surface area contributed by atoms with E-state index in [1.807, 2.05) is 0 Å². The van der Waals surface area contributed by atoms with Gasteiger partial charge in [-0.15, -0.1) is 0 Å². The third-order valence-corrected chi connectivity index (χ3v) is 5.29. The first-order valence-electron chi connectivity index (χ1n) is 8.53. The van der Waals surface area contributed by atoms with Gasteiger partial charge in [0.05, 0.1) is 12.8 Å². The van der Waals surface area contributed by atoms with Crippen molar-refractivity contribution in [2.45, 2.75) is 65.5 Å². The van der Waals surface area contributed by atoms with Gasteiger partial charge in [0.25, 0.3) is 0 Å². The largest absolute Gasteiger partial charge is 0.467 e. The highest BCUT2D eigenvalue weighted by molar-refractivity contribution is 6.35. The van der Waals surface area contributed by atoms with Gasteiger partial charge >= 0.3 is 11.8 Å². The van der Waals surface area contributed by atoms with E-state index in [-0.39, 0.29) is 12.6 Å². The number of nitrogens with one attached hydrogen (secondary N) is 2. The number of amides is 2. The van der Waals surface area contributed by atoms with Crippen LogP contribution in [0.25, 0.3) is 0 Å². The van der Waals surface area contributed by atoms with Crippen molar-refractivity contribution in [3.05, 3.63) is 24.2 Å². The Labute approximate surface area is 138 Å². The predicted molar refractivity (Wildman–Crippen MR) is 88.5 cm³/mol. The van der Waals surface area contributed by atoms with Crippen LogP contribution in [0.5, 0.6) is 0 Å². The third kappa shape index (κ3) is 4.85. The minimum Gasteiger partial charge on any atom is -0.467 e. The lowest BCUT2D eigenvalue weighted by atomic mass is 9.69. The van der Waals surface area contributed by atoms with E-state index in [0.29, 0.717) is 17.1 Å². The van der Waals surface area contributed by atoms with Crippen molar-refractivity contribution in [1.29, 1.82) is 0 Å². The first kappa shape index (κ1) is 17.6. The topological polar surface area (TPSA) is 71.3 Å². The molecule has 1 saturated carbocycles. The molecule has 0 atom stereocenters. The Balaban J connectivity index is 1.73. The monoisotopic (exact) mass is 320 g/mol. The van der Waals surface area contributed by atoms with Gasteiger partial charge in [-0.1, -0.05) is 27.2 Å². The van der Waals surface area contributed by atoms with E-state index in [0.717, 1.165) is 25.7 Å². The number of hydrogen-bond donors (Lipinski definition) is 2. The molecular weight excluding hydrogens is 292 g/mol. The normalized spacial score (nSPS) is 21.7. The van der Waals surface area contributed by atoms with Gasteiger partial charge in [0.1, 0.15) is 5.76 Å². The SMILES string of the molecule is CCC(C)(C)C1CCC(NC(=O)C(=O)NCc2ccco2)CC1. The smallest absolute Gasteiger partial charge is 0.309 e. The van der Waals surface area contributed by atoms with E-state index in [2.05, 4.69) is 31.4 Å². The van der Waals surface area contributed by atoms with Crippen LogP contribution >= 0.6 is 0 Å². The van der Waals surface area contributed by atoms with Crippen molar-refractivity contribution in [2.24, 2.45) is 11.3 Å². The van der Waals surface area contributed by atoms with Crippen LogP contribution in [0.1, 0.15) is 58.6 Å². The molecule has 0 saturated heterocycles. The standard InChI is InChI=1S/C18H28N2O3/c1-4-18(2,3)13-7-9-14(10-8-13)20-17(22)16(21)19-12-15-6-5-11-23-15/h5-6,11,13-14H,4,7-10,12H2,1-3H3,(H,19,21)(H,20,22). The molecule has 5 nitrogen and oxygen atoms in total. The van der Waals surface area contributed by atoms with E-state index in [9.17, 15) is 9.59 Å². The van der Waals surface area contributed by atoms with Crippen LogP contribution in [0.15, 0.2) is 22.8 Å². The summed E-state index contributed by atoms with van der Waals surface area (Å²) in [6.45, 7) is 7.10. The molecule has 1 aromatic rings. The van der Waals surface area contributed by atoms with Gasteiger partial charge in [-0.2, -0.15) is 0 Å². The molecule has 0 radical (unpaired) electrons. The zero-order valence-corrected chi connectivity index (χ0v) is 14.4. The molecule has 0 spiro atoms. The Morgan fingerprint density at radius 2 is 1.91 bits per heavy atom. The van der Waals surface area contributed by atoms with Crippen molar-refractivity contribution in [3.63, 3.8) is 0 Å². The van der Waals surface area contributed by atoms with Crippen LogP contribution in [0.3, 0.4) is 0 Å². The molecule has 1 heterocycles. The van der Waals surface area contributed by atoms with E-state index in [1.165, 1.54) is 12.7 Å². The summed E-state index contributed by atoms with van der Waals surface area (Å²) in [4.78, 5) is 23.8. The fraction of sp³-hybridized carbons (Fsp3) is 0.667. The maximum Gasteiger partial charge on any atom is 0.309 e. The van der Waals surface area contributed by atoms with E-state index >= 15 is 0 Å². The number of furan rings is 1. The molecule has 1 fully saturated rings. The van der Waals surface area contributed by atoms with Crippen LogP contribution < -0.4 is 10.6 Å². The molecule has 128 valence electrons. The second-order valence-electron chi connectivity index (χ2n) is 7.13. The molecule has 2 N–H and O–H groups in total. The molecule has 1 aliphatic carbocycles. The minimum atomic E-state index is -0.600. The van der Waals surface area contributed by atoms with Gasteiger partial charge in [-0.05, 0) is 49.1 Å². The van der Waals surface area contributed by atoms with Crippen LogP contribution in [0.4, 0.5) is 0 Å². The predicted octanol–water partition coefficient (Wildman–Crippen LogP) is 3.01. The molecular formula is C18H28N2O3. The molecule has 2 amide bonds. The van der Waals surface area contributed by atoms with Gasteiger partial charge in [-0.3, -0.25) is 9.59 Å². The van der Waals surface area contributed by atoms with Crippen LogP contribution in [-0.4, -0.2) is 17.9 Å². The van der Waals surface area contributed by atoms with Crippen LogP contribution in [-0.2, 0) is 16.1 Å². The molecule has 1 aromatic heterocycles. The number of hydrogen-bond acceptors (Lipinski definition) is 3. The van der Waals surface area contributed by atoms with Gasteiger partial charge in [0, 0.05) is 6.04 Å². The average Bonchev–Trinajstić information content (AvgIpc) is 3.06. The first-order chi connectivity index (χ1) is 10.9. The lowest BCUT2D eigenvalue weighted by molar-refractivity contribution is -0.140. The summed E-state index contributed by atoms with van der Waals surface area (Å²) in [6, 6.07) is 3.62. The molecule has 1 aliphatic rings. The van der Waals surface area contributed by atoms with Gasteiger partial charge < -0.3 is 15.1 Å². The van der Waals surface area contributed by atoms with Crippen LogP contribution in [0.2, 0.25) is 0 Å². The maximum atomic E-state index is 12.0. The molecule has 5 heteroatoms. The highest BCUT2D eigenvalue weighted by Crippen LogP contribution is 2.40. The number of rotatable bonds is 5. The number of carbonyl (C=O) groups is 2. The summed E-state index contributed by atoms with van der Waals surface area (Å²) < 4.78 is 5.12. The quantitative estimate of drug-likeness (QED) is 0.819. The van der Waals surface area contributed by atoms with Crippen molar-refractivity contribution in [1.82, 2.24) is 10.6 Å². The summed E-state index contributed by atoms with van der Waals surface area (Å²) in [7, 11) is 0. The lowest BCUT2D eigenvalue weighted by Crippen LogP contribution is -2.46. The summed E-state index contributed by atoms with van der Waals surface area (Å²) in [5.74, 6) is 0.189. The Hall–Kier alpha value is -1.78. The molecule has 0 unspecified atom stereocenters. The van der Waals surface area contributed by atoms with Gasteiger partial charge in [0.2, 0.25) is 0 Å². The summed E-state index contributed by atoms with van der Waals surface area (Å²) >= 11 is 0. The van der Waals surface area contributed by atoms with Crippen molar-refractivity contribution in [2.75, 3.05) is 0 Å². The average molecular weight is 320 g/mol. The first-order valence-corrected chi connectivity index (χ1v) is 8.53. The summed E-state index contributed by atoms with van der Waals surface area (Å²) in [5, 5.41) is 5.43. The van der Waals surface area contributed by atoms with Crippen molar-refractivity contribution in [3.8, 4) is 0 Å². The maximum absolute atomic E-state index is 12.0. The Morgan fingerprint density at radius 3 is 2.48 bits per heavy atom. The highest BCUT2D eigenvalue weighted by Gasteiger charge is 2.32. The Bertz CT molecular complexity index is 514. The van der Waals surface area contributed by atoms with E-state index in [4.69, 9.17) is 4.42 Å². The zero-order chi connectivity index (χ0) is 16.9. The minimum absolute atomic E-state index is 0.112. The third-order valence-electron chi connectivity index (χ3n) is 5.29. The second kappa shape index (κ2) is 7.66. The van der Waals surface area contributed by atoms with E-state index < -0.39 is 11.8 Å². The lowest BCUT2D eigenvalue weighted by Gasteiger charge is -2.39. The van der Waals surface area contributed by atoms with E-state index in [1.54, 1.807) is 12.1 Å². The molecule has 2 rings (SSSR count). The molecule has 23 heavy (non-hydrogen) atoms. The highest BCUT2D eigenvalue weighted by atomic mass is 16.3. The van der Waals surface area contributed by atoms with Crippen molar-refractivity contribution >= 4 is 11.8 Å². The molecule has 0 aliphatic heterocycles. The second-order valence-corrected chi connectivity index (χ2v) is 7.13. The fourth-order valence-corrected chi connectivity index (χ4v) is 3.22. The summed E-state index contributed by atoms with van der Waals surface area (Å²) in [6.07, 6.45) is 6.83. The zero-order valence-electron chi connectivity index (χ0n) is 14.4. The Kier molecular flexibility index (Phi) is 5.85. The Morgan fingerprint density at radius 1 is 1.22 bits per heavy atom.